The number of carboxylic acids is 1. The second-order valence-electron chi connectivity index (χ2n) is 5.44. The lowest BCUT2D eigenvalue weighted by molar-refractivity contribution is -0.142. The van der Waals surface area contributed by atoms with Gasteiger partial charge in [-0.1, -0.05) is 18.5 Å². The van der Waals surface area contributed by atoms with Gasteiger partial charge in [-0.15, -0.1) is 0 Å². The molecule has 3 atom stereocenters. The maximum Gasteiger partial charge on any atom is 0.307 e. The van der Waals surface area contributed by atoms with E-state index in [9.17, 15) is 9.90 Å². The van der Waals surface area contributed by atoms with E-state index in [1.165, 1.54) is 0 Å². The van der Waals surface area contributed by atoms with Crippen molar-refractivity contribution in [1.29, 1.82) is 0 Å². The van der Waals surface area contributed by atoms with E-state index in [-0.39, 0.29) is 5.92 Å². The summed E-state index contributed by atoms with van der Waals surface area (Å²) in [6.45, 7) is 2.75. The Labute approximate surface area is 118 Å². The van der Waals surface area contributed by atoms with Crippen molar-refractivity contribution in [1.82, 2.24) is 10.1 Å². The Bertz CT molecular complexity index is 446. The highest BCUT2D eigenvalue weighted by atomic mass is 16.5. The first kappa shape index (κ1) is 15.0. The van der Waals surface area contributed by atoms with Crippen LogP contribution in [0.2, 0.25) is 0 Å². The van der Waals surface area contributed by atoms with Crippen molar-refractivity contribution in [2.24, 2.45) is 11.8 Å². The zero-order valence-electron chi connectivity index (χ0n) is 12.0. The van der Waals surface area contributed by atoms with Crippen LogP contribution in [0.25, 0.3) is 0 Å². The fourth-order valence-corrected chi connectivity index (χ4v) is 2.92. The van der Waals surface area contributed by atoms with Gasteiger partial charge in [-0.2, -0.15) is 4.98 Å². The molecule has 1 saturated carbocycles. The zero-order valence-corrected chi connectivity index (χ0v) is 12.0. The van der Waals surface area contributed by atoms with Gasteiger partial charge in [-0.05, 0) is 25.2 Å². The molecule has 0 bridgehead atoms. The van der Waals surface area contributed by atoms with Crippen LogP contribution in [-0.4, -0.2) is 34.9 Å². The molecule has 0 aromatic carbocycles. The molecule has 1 N–H and O–H groups in total. The van der Waals surface area contributed by atoms with Crippen LogP contribution >= 0.6 is 0 Å². The van der Waals surface area contributed by atoms with Crippen LogP contribution < -0.4 is 0 Å². The molecule has 3 unspecified atom stereocenters. The minimum absolute atomic E-state index is 0.138. The Morgan fingerprint density at radius 2 is 2.30 bits per heavy atom. The van der Waals surface area contributed by atoms with E-state index < -0.39 is 11.9 Å². The number of nitrogens with zero attached hydrogens (tertiary/aromatic N) is 2. The molecular formula is C14H22N2O4. The zero-order chi connectivity index (χ0) is 14.5. The summed E-state index contributed by atoms with van der Waals surface area (Å²) in [6, 6.07) is 0. The summed E-state index contributed by atoms with van der Waals surface area (Å²) in [6.07, 6.45) is 4.05. The maximum absolute atomic E-state index is 11.4. The average Bonchev–Trinajstić information content (AvgIpc) is 3.04. The first-order valence-electron chi connectivity index (χ1n) is 7.19. The number of aromatic nitrogens is 2. The Morgan fingerprint density at radius 1 is 1.50 bits per heavy atom. The van der Waals surface area contributed by atoms with Gasteiger partial charge in [0.05, 0.1) is 11.8 Å². The molecule has 0 amide bonds. The predicted octanol–water partition coefficient (Wildman–Crippen LogP) is 2.25. The number of ether oxygens (including phenoxy) is 1. The fraction of sp³-hybridized carbons (Fsp3) is 0.786. The first-order valence-corrected chi connectivity index (χ1v) is 7.19. The molecule has 1 heterocycles. The van der Waals surface area contributed by atoms with Gasteiger partial charge in [-0.3, -0.25) is 4.79 Å². The second kappa shape index (κ2) is 6.83. The van der Waals surface area contributed by atoms with Gasteiger partial charge in [0.2, 0.25) is 5.89 Å². The van der Waals surface area contributed by atoms with E-state index >= 15 is 0 Å². The molecule has 20 heavy (non-hydrogen) atoms. The summed E-state index contributed by atoms with van der Waals surface area (Å²) < 4.78 is 10.3. The predicted molar refractivity (Wildman–Crippen MR) is 71.4 cm³/mol. The summed E-state index contributed by atoms with van der Waals surface area (Å²) in [4.78, 5) is 15.7. The molecule has 1 aromatic rings. The number of methoxy groups -OCH3 is 1. The van der Waals surface area contributed by atoms with Gasteiger partial charge in [0, 0.05) is 20.1 Å². The Kier molecular flexibility index (Phi) is 5.11. The second-order valence-corrected chi connectivity index (χ2v) is 5.44. The molecule has 6 heteroatoms. The van der Waals surface area contributed by atoms with Crippen molar-refractivity contribution in [2.45, 2.75) is 44.9 Å². The van der Waals surface area contributed by atoms with E-state index in [4.69, 9.17) is 9.26 Å². The van der Waals surface area contributed by atoms with Crippen molar-refractivity contribution < 1.29 is 19.2 Å². The van der Waals surface area contributed by atoms with Crippen LogP contribution in [-0.2, 0) is 16.0 Å². The molecule has 0 radical (unpaired) electrons. The highest BCUT2D eigenvalue weighted by Gasteiger charge is 2.41. The smallest absolute Gasteiger partial charge is 0.307 e. The maximum atomic E-state index is 11.4. The third kappa shape index (κ3) is 3.36. The number of hydrogen-bond donors (Lipinski definition) is 1. The lowest BCUT2D eigenvalue weighted by atomic mass is 9.96. The van der Waals surface area contributed by atoms with Crippen molar-refractivity contribution in [3.63, 3.8) is 0 Å². The summed E-state index contributed by atoms with van der Waals surface area (Å²) in [5.74, 6) is 0.269. The molecule has 1 aliphatic rings. The van der Waals surface area contributed by atoms with Crippen LogP contribution in [0.15, 0.2) is 4.52 Å². The number of carboxylic acid groups (broad SMARTS) is 1. The molecule has 2 rings (SSSR count). The topological polar surface area (TPSA) is 85.5 Å². The van der Waals surface area contributed by atoms with E-state index in [0.717, 1.165) is 19.3 Å². The highest BCUT2D eigenvalue weighted by molar-refractivity contribution is 5.71. The van der Waals surface area contributed by atoms with E-state index in [0.29, 0.717) is 37.1 Å². The summed E-state index contributed by atoms with van der Waals surface area (Å²) in [7, 11) is 1.66. The molecule has 0 saturated heterocycles. The standard InChI is InChI=1S/C14H22N2O4/c1-3-9-7-10(11(8-9)14(17)18)13-15-12(16-20-13)5-4-6-19-2/h9-11H,3-8H2,1-2H3,(H,17,18). The normalized spacial score (nSPS) is 26.0. The number of aliphatic carboxylic acids is 1. The fourth-order valence-electron chi connectivity index (χ4n) is 2.92. The number of carbonyl (C=O) groups is 1. The minimum Gasteiger partial charge on any atom is -0.481 e. The van der Waals surface area contributed by atoms with Crippen molar-refractivity contribution in [3.8, 4) is 0 Å². The molecule has 1 aliphatic carbocycles. The lowest BCUT2D eigenvalue weighted by Gasteiger charge is -2.09. The van der Waals surface area contributed by atoms with Crippen LogP contribution in [0.5, 0.6) is 0 Å². The van der Waals surface area contributed by atoms with Crippen LogP contribution in [0, 0.1) is 11.8 Å². The minimum atomic E-state index is -0.759. The third-order valence-electron chi connectivity index (χ3n) is 4.10. The largest absolute Gasteiger partial charge is 0.481 e. The van der Waals surface area contributed by atoms with Gasteiger partial charge in [0.15, 0.2) is 5.82 Å². The average molecular weight is 282 g/mol. The molecular weight excluding hydrogens is 260 g/mol. The Morgan fingerprint density at radius 3 is 2.95 bits per heavy atom. The van der Waals surface area contributed by atoms with E-state index in [1.54, 1.807) is 7.11 Å². The van der Waals surface area contributed by atoms with Crippen LogP contribution in [0.1, 0.15) is 50.2 Å². The Hall–Kier alpha value is -1.43. The number of hydrogen-bond acceptors (Lipinski definition) is 5. The lowest BCUT2D eigenvalue weighted by Crippen LogP contribution is -2.17. The van der Waals surface area contributed by atoms with Crippen molar-refractivity contribution in [3.05, 3.63) is 11.7 Å². The quantitative estimate of drug-likeness (QED) is 0.772. The van der Waals surface area contributed by atoms with Gasteiger partial charge in [-0.25, -0.2) is 0 Å². The molecule has 0 spiro atoms. The molecule has 1 fully saturated rings. The number of rotatable bonds is 7. The molecule has 6 nitrogen and oxygen atoms in total. The molecule has 112 valence electrons. The van der Waals surface area contributed by atoms with Gasteiger partial charge >= 0.3 is 5.97 Å². The monoisotopic (exact) mass is 282 g/mol. The SMILES string of the molecule is CCC1CC(C(=O)O)C(c2nc(CCCOC)no2)C1. The van der Waals surface area contributed by atoms with Crippen LogP contribution in [0.3, 0.4) is 0 Å². The van der Waals surface area contributed by atoms with Gasteiger partial charge < -0.3 is 14.4 Å². The molecule has 1 aromatic heterocycles. The first-order chi connectivity index (χ1) is 9.65. The summed E-state index contributed by atoms with van der Waals surface area (Å²) in [5.41, 5.74) is 0. The highest BCUT2D eigenvalue weighted by Crippen LogP contribution is 2.43. The summed E-state index contributed by atoms with van der Waals surface area (Å²) >= 11 is 0. The van der Waals surface area contributed by atoms with Gasteiger partial charge in [0.25, 0.3) is 0 Å². The Balaban J connectivity index is 2.04. The van der Waals surface area contributed by atoms with E-state index in [1.807, 2.05) is 0 Å². The van der Waals surface area contributed by atoms with Crippen LogP contribution in [0.4, 0.5) is 0 Å². The summed E-state index contributed by atoms with van der Waals surface area (Å²) in [5, 5.41) is 13.3. The third-order valence-corrected chi connectivity index (χ3v) is 4.10. The van der Waals surface area contributed by atoms with E-state index in [2.05, 4.69) is 17.1 Å². The molecule has 0 aliphatic heterocycles. The van der Waals surface area contributed by atoms with Gasteiger partial charge in [0.1, 0.15) is 0 Å². The van der Waals surface area contributed by atoms with Crippen molar-refractivity contribution in [2.75, 3.05) is 13.7 Å². The number of aryl methyl sites for hydroxylation is 1. The van der Waals surface area contributed by atoms with Crippen molar-refractivity contribution >= 4 is 5.97 Å².